The number of benzene rings is 1. The maximum atomic E-state index is 12.4. The van der Waals surface area contributed by atoms with Crippen LogP contribution in [0.5, 0.6) is 0 Å². The number of amides is 1. The number of hydrogen-bond donors (Lipinski definition) is 0. The van der Waals surface area contributed by atoms with E-state index in [0.29, 0.717) is 30.6 Å². The zero-order chi connectivity index (χ0) is 20.7. The van der Waals surface area contributed by atoms with Crippen LogP contribution in [0.1, 0.15) is 38.1 Å². The summed E-state index contributed by atoms with van der Waals surface area (Å²) in [6.45, 7) is 8.82. The smallest absolute Gasteiger partial charge is 0.338 e. The van der Waals surface area contributed by atoms with Crippen LogP contribution < -0.4 is 4.90 Å². The largest absolute Gasteiger partial charge is 0.452 e. The zero-order valence-corrected chi connectivity index (χ0v) is 16.9. The van der Waals surface area contributed by atoms with Crippen LogP contribution >= 0.6 is 0 Å². The molecule has 0 radical (unpaired) electrons. The Labute approximate surface area is 160 Å². The van der Waals surface area contributed by atoms with Crippen molar-refractivity contribution in [2.24, 2.45) is 11.8 Å². The number of ether oxygens (including phenoxy) is 1. The molecule has 0 bridgehead atoms. The summed E-state index contributed by atoms with van der Waals surface area (Å²) in [6.07, 6.45) is 0. The molecule has 0 saturated heterocycles. The molecule has 0 N–H and O–H groups in total. The Morgan fingerprint density at radius 2 is 1.67 bits per heavy atom. The fourth-order valence-electron chi connectivity index (χ4n) is 2.64. The summed E-state index contributed by atoms with van der Waals surface area (Å²) in [4.78, 5) is 38.6. The Balaban J connectivity index is 2.85. The molecule has 27 heavy (non-hydrogen) atoms. The summed E-state index contributed by atoms with van der Waals surface area (Å²) in [6, 6.07) is 4.11. The van der Waals surface area contributed by atoms with E-state index in [4.69, 9.17) is 4.74 Å². The number of rotatable bonds is 9. The molecule has 0 aliphatic rings. The number of carbonyl (C=O) groups excluding carboxylic acids is 2. The lowest BCUT2D eigenvalue weighted by Crippen LogP contribution is -2.39. The van der Waals surface area contributed by atoms with Gasteiger partial charge in [0.15, 0.2) is 6.61 Å². The van der Waals surface area contributed by atoms with Gasteiger partial charge in [-0.1, -0.05) is 27.7 Å². The normalized spacial score (nSPS) is 10.8. The molecule has 0 atom stereocenters. The Kier molecular flexibility index (Phi) is 8.21. The van der Waals surface area contributed by atoms with Gasteiger partial charge < -0.3 is 14.5 Å². The predicted octanol–water partition coefficient (Wildman–Crippen LogP) is 2.96. The van der Waals surface area contributed by atoms with Gasteiger partial charge in [-0.25, -0.2) is 4.79 Å². The first-order valence-electron chi connectivity index (χ1n) is 8.93. The maximum Gasteiger partial charge on any atom is 0.338 e. The monoisotopic (exact) mass is 379 g/mol. The van der Waals surface area contributed by atoms with E-state index >= 15 is 0 Å². The van der Waals surface area contributed by atoms with Crippen molar-refractivity contribution in [1.82, 2.24) is 4.90 Å². The highest BCUT2D eigenvalue weighted by atomic mass is 16.6. The molecule has 0 aromatic heterocycles. The van der Waals surface area contributed by atoms with Crippen molar-refractivity contribution >= 4 is 23.3 Å². The van der Waals surface area contributed by atoms with Crippen LogP contribution in [-0.4, -0.2) is 55.5 Å². The molecule has 150 valence electrons. The van der Waals surface area contributed by atoms with Gasteiger partial charge in [0.1, 0.15) is 5.69 Å². The highest BCUT2D eigenvalue weighted by Crippen LogP contribution is 2.27. The fourth-order valence-corrected chi connectivity index (χ4v) is 2.64. The Morgan fingerprint density at radius 1 is 1.11 bits per heavy atom. The van der Waals surface area contributed by atoms with Crippen LogP contribution in [0.25, 0.3) is 0 Å². The minimum Gasteiger partial charge on any atom is -0.452 e. The Morgan fingerprint density at radius 3 is 2.11 bits per heavy atom. The second kappa shape index (κ2) is 9.89. The molecule has 0 aliphatic heterocycles. The minimum absolute atomic E-state index is 0.0411. The highest BCUT2D eigenvalue weighted by molar-refractivity contribution is 5.93. The van der Waals surface area contributed by atoms with E-state index in [2.05, 4.69) is 0 Å². The van der Waals surface area contributed by atoms with E-state index < -0.39 is 10.9 Å². The third-order valence-electron chi connectivity index (χ3n) is 3.74. The summed E-state index contributed by atoms with van der Waals surface area (Å²) in [5.41, 5.74) is 0.231. The van der Waals surface area contributed by atoms with Gasteiger partial charge in [-0.15, -0.1) is 0 Å². The number of nitrogens with zero attached hydrogens (tertiary/aromatic N) is 3. The van der Waals surface area contributed by atoms with Gasteiger partial charge in [-0.05, 0) is 24.0 Å². The summed E-state index contributed by atoms with van der Waals surface area (Å²) < 4.78 is 5.10. The van der Waals surface area contributed by atoms with Crippen LogP contribution in [0, 0.1) is 22.0 Å². The van der Waals surface area contributed by atoms with E-state index in [1.165, 1.54) is 18.2 Å². The minimum atomic E-state index is -0.759. The molecule has 8 heteroatoms. The van der Waals surface area contributed by atoms with Gasteiger partial charge in [0.2, 0.25) is 0 Å². The molecule has 0 fully saturated rings. The van der Waals surface area contributed by atoms with Crippen molar-refractivity contribution in [3.63, 3.8) is 0 Å². The molecule has 0 saturated carbocycles. The fraction of sp³-hybridized carbons (Fsp3) is 0.579. The molecule has 0 aliphatic carbocycles. The molecular weight excluding hydrogens is 350 g/mol. The molecule has 0 heterocycles. The SMILES string of the molecule is CC(C)CN(CC(C)C)C(=O)COC(=O)c1ccc(N(C)C)c([N+](=O)[O-])c1. The topological polar surface area (TPSA) is 93.0 Å². The first-order valence-corrected chi connectivity index (χ1v) is 8.93. The molecule has 1 aromatic carbocycles. The first-order chi connectivity index (χ1) is 12.5. The summed E-state index contributed by atoms with van der Waals surface area (Å²) in [7, 11) is 3.36. The molecule has 0 unspecified atom stereocenters. The Bertz CT molecular complexity index is 676. The summed E-state index contributed by atoms with van der Waals surface area (Å²) in [5, 5.41) is 11.2. The van der Waals surface area contributed by atoms with E-state index in [9.17, 15) is 19.7 Å². The number of nitro groups is 1. The van der Waals surface area contributed by atoms with Crippen molar-refractivity contribution in [3.8, 4) is 0 Å². The molecule has 0 spiro atoms. The summed E-state index contributed by atoms with van der Waals surface area (Å²) in [5.74, 6) is -0.440. The van der Waals surface area contributed by atoms with Gasteiger partial charge in [0.25, 0.3) is 11.6 Å². The lowest BCUT2D eigenvalue weighted by atomic mass is 10.1. The third kappa shape index (κ3) is 6.88. The van der Waals surface area contributed by atoms with E-state index in [1.54, 1.807) is 23.9 Å². The van der Waals surface area contributed by atoms with Crippen molar-refractivity contribution in [2.45, 2.75) is 27.7 Å². The standard InChI is InChI=1S/C19H29N3O5/c1-13(2)10-21(11-14(3)4)18(23)12-27-19(24)15-7-8-16(20(5)6)17(9-15)22(25)26/h7-9,13-14H,10-12H2,1-6H3. The quantitative estimate of drug-likeness (QED) is 0.372. The van der Waals surface area contributed by atoms with Gasteiger partial charge in [0.05, 0.1) is 10.5 Å². The number of anilines is 1. The second-order valence-corrected chi connectivity index (χ2v) is 7.52. The number of nitro benzene ring substituents is 1. The van der Waals surface area contributed by atoms with Crippen LogP contribution in [-0.2, 0) is 9.53 Å². The third-order valence-corrected chi connectivity index (χ3v) is 3.74. The van der Waals surface area contributed by atoms with Crippen LogP contribution in [0.4, 0.5) is 11.4 Å². The van der Waals surface area contributed by atoms with Crippen LogP contribution in [0.15, 0.2) is 18.2 Å². The van der Waals surface area contributed by atoms with Crippen LogP contribution in [0.2, 0.25) is 0 Å². The summed E-state index contributed by atoms with van der Waals surface area (Å²) >= 11 is 0. The molecular formula is C19H29N3O5. The van der Waals surface area contributed by atoms with Gasteiger partial charge in [0, 0.05) is 33.3 Å². The van der Waals surface area contributed by atoms with Gasteiger partial charge >= 0.3 is 5.97 Å². The Hall–Kier alpha value is -2.64. The second-order valence-electron chi connectivity index (χ2n) is 7.52. The lowest BCUT2D eigenvalue weighted by molar-refractivity contribution is -0.384. The average molecular weight is 379 g/mol. The van der Waals surface area contributed by atoms with Crippen molar-refractivity contribution in [1.29, 1.82) is 0 Å². The lowest BCUT2D eigenvalue weighted by Gasteiger charge is -2.26. The van der Waals surface area contributed by atoms with E-state index in [1.807, 2.05) is 27.7 Å². The molecule has 1 aromatic rings. The number of carbonyl (C=O) groups is 2. The molecule has 8 nitrogen and oxygen atoms in total. The highest BCUT2D eigenvalue weighted by Gasteiger charge is 2.22. The maximum absolute atomic E-state index is 12.4. The van der Waals surface area contributed by atoms with Crippen molar-refractivity contribution in [2.75, 3.05) is 38.7 Å². The van der Waals surface area contributed by atoms with Crippen molar-refractivity contribution < 1.29 is 19.2 Å². The van der Waals surface area contributed by atoms with Crippen LogP contribution in [0.3, 0.4) is 0 Å². The molecule has 1 amide bonds. The number of hydrogen-bond acceptors (Lipinski definition) is 6. The first kappa shape index (κ1) is 22.4. The average Bonchev–Trinajstić information content (AvgIpc) is 2.57. The van der Waals surface area contributed by atoms with E-state index in [0.717, 1.165) is 0 Å². The van der Waals surface area contributed by atoms with E-state index in [-0.39, 0.29) is 23.8 Å². The zero-order valence-electron chi connectivity index (χ0n) is 16.9. The predicted molar refractivity (Wildman–Crippen MR) is 104 cm³/mol. The van der Waals surface area contributed by atoms with Crippen molar-refractivity contribution in [3.05, 3.63) is 33.9 Å². The number of esters is 1. The van der Waals surface area contributed by atoms with Gasteiger partial charge in [-0.3, -0.25) is 14.9 Å². The molecule has 1 rings (SSSR count). The van der Waals surface area contributed by atoms with Gasteiger partial charge in [-0.2, -0.15) is 0 Å².